The average Bonchev–Trinajstić information content (AvgIpc) is 2.69. The van der Waals surface area contributed by atoms with Gasteiger partial charge in [-0.1, -0.05) is 24.3 Å². The van der Waals surface area contributed by atoms with Crippen LogP contribution in [0.4, 0.5) is 16.2 Å². The lowest BCUT2D eigenvalue weighted by Gasteiger charge is -2.18. The number of amides is 3. The molecule has 8 heteroatoms. The molecule has 0 aromatic heterocycles. The fourth-order valence-corrected chi connectivity index (χ4v) is 4.20. The van der Waals surface area contributed by atoms with Crippen molar-refractivity contribution in [2.45, 2.75) is 6.04 Å². The third-order valence-electron chi connectivity index (χ3n) is 3.59. The molecule has 25 heavy (non-hydrogen) atoms. The van der Waals surface area contributed by atoms with Crippen LogP contribution in [0.1, 0.15) is 11.6 Å². The van der Waals surface area contributed by atoms with Crippen LogP contribution in [-0.2, 0) is 4.79 Å². The summed E-state index contributed by atoms with van der Waals surface area (Å²) < 4.78 is 1.83. The van der Waals surface area contributed by atoms with E-state index in [9.17, 15) is 14.7 Å². The van der Waals surface area contributed by atoms with Gasteiger partial charge in [-0.05, 0) is 69.5 Å². The van der Waals surface area contributed by atoms with Crippen molar-refractivity contribution in [3.8, 4) is 0 Å². The summed E-state index contributed by atoms with van der Waals surface area (Å²) in [6.45, 7) is 0. The van der Waals surface area contributed by atoms with Gasteiger partial charge in [-0.25, -0.2) is 4.79 Å². The Morgan fingerprint density at radius 2 is 1.76 bits per heavy atom. The van der Waals surface area contributed by atoms with Crippen LogP contribution in [0.25, 0.3) is 0 Å². The number of aliphatic hydroxyl groups is 1. The number of nitrogens with one attached hydrogen (secondary N) is 3. The molecule has 0 radical (unpaired) electrons. The highest BCUT2D eigenvalue weighted by atomic mass is 127. The van der Waals surface area contributed by atoms with E-state index in [1.54, 1.807) is 24.3 Å². The van der Waals surface area contributed by atoms with E-state index in [0.29, 0.717) is 16.9 Å². The fourth-order valence-electron chi connectivity index (χ4n) is 2.42. The molecule has 128 valence electrons. The van der Waals surface area contributed by atoms with Gasteiger partial charge < -0.3 is 21.1 Å². The Morgan fingerprint density at radius 3 is 2.48 bits per heavy atom. The molecule has 0 aliphatic carbocycles. The van der Waals surface area contributed by atoms with Crippen LogP contribution in [0, 0.1) is 7.14 Å². The van der Waals surface area contributed by atoms with Crippen molar-refractivity contribution in [3.05, 3.63) is 67.0 Å². The first kappa shape index (κ1) is 18.0. The number of halogens is 2. The van der Waals surface area contributed by atoms with Crippen molar-refractivity contribution < 1.29 is 14.7 Å². The Bertz CT molecular complexity index is 863. The number of hydrogen-bond donors (Lipinski definition) is 4. The zero-order valence-electron chi connectivity index (χ0n) is 12.7. The van der Waals surface area contributed by atoms with Crippen LogP contribution >= 0.6 is 45.2 Å². The average molecular weight is 561 g/mol. The zero-order chi connectivity index (χ0) is 18.0. The number of hydrogen-bond acceptors (Lipinski definition) is 3. The molecule has 0 bridgehead atoms. The molecule has 4 N–H and O–H groups in total. The van der Waals surface area contributed by atoms with E-state index in [-0.39, 0.29) is 0 Å². The van der Waals surface area contributed by atoms with E-state index in [0.717, 1.165) is 7.14 Å². The van der Waals surface area contributed by atoms with Crippen molar-refractivity contribution in [1.29, 1.82) is 0 Å². The number of carbonyl (C=O) groups excluding carboxylic acids is 2. The number of rotatable bonds is 2. The molecule has 1 unspecified atom stereocenters. The normalized spacial score (nSPS) is 16.2. The molecule has 1 aliphatic heterocycles. The first-order valence-electron chi connectivity index (χ1n) is 7.28. The highest BCUT2D eigenvalue weighted by Crippen LogP contribution is 2.28. The summed E-state index contributed by atoms with van der Waals surface area (Å²) in [6, 6.07) is 11.7. The zero-order valence-corrected chi connectivity index (χ0v) is 17.0. The molecule has 0 saturated heterocycles. The third kappa shape index (κ3) is 4.06. The van der Waals surface area contributed by atoms with E-state index >= 15 is 0 Å². The molecule has 3 amide bonds. The first-order chi connectivity index (χ1) is 12.0. The lowest BCUT2D eigenvalue weighted by atomic mass is 10.1. The highest BCUT2D eigenvalue weighted by Gasteiger charge is 2.24. The molecule has 6 nitrogen and oxygen atoms in total. The lowest BCUT2D eigenvalue weighted by Crippen LogP contribution is -2.32. The molecule has 0 saturated carbocycles. The van der Waals surface area contributed by atoms with Gasteiger partial charge in [-0.3, -0.25) is 4.79 Å². The Kier molecular flexibility index (Phi) is 5.47. The monoisotopic (exact) mass is 561 g/mol. The van der Waals surface area contributed by atoms with Crippen molar-refractivity contribution in [2.75, 3.05) is 10.6 Å². The topological polar surface area (TPSA) is 90.5 Å². The standard InChI is InChI=1S/C17H13I2N3O3/c18-10-5-3-6-11(19)15(10)22-17(25)21-13-8-14(23)16(24)20-12-7-2-1-4-9(12)13/h1-8,13,23H,(H,20,24)(H2,21,22,25). The van der Waals surface area contributed by atoms with Crippen LogP contribution in [0.3, 0.4) is 0 Å². The SMILES string of the molecule is O=C(Nc1c(I)cccc1I)NC1C=C(O)C(=O)Nc2ccccc21. The predicted molar refractivity (Wildman–Crippen MR) is 113 cm³/mol. The van der Waals surface area contributed by atoms with Crippen molar-refractivity contribution >= 4 is 68.5 Å². The van der Waals surface area contributed by atoms with Gasteiger partial charge in [0, 0.05) is 18.4 Å². The van der Waals surface area contributed by atoms with Crippen LogP contribution < -0.4 is 16.0 Å². The number of carbonyl (C=O) groups is 2. The summed E-state index contributed by atoms with van der Waals surface area (Å²) in [5.41, 5.74) is 1.94. The Morgan fingerprint density at radius 1 is 1.08 bits per heavy atom. The number of benzene rings is 2. The second kappa shape index (κ2) is 7.60. The number of para-hydroxylation sites is 2. The minimum absolute atomic E-state index is 0.430. The fraction of sp³-hybridized carbons (Fsp3) is 0.0588. The van der Waals surface area contributed by atoms with E-state index in [4.69, 9.17) is 0 Å². The van der Waals surface area contributed by atoms with Gasteiger partial charge in [0.2, 0.25) is 0 Å². The van der Waals surface area contributed by atoms with Crippen molar-refractivity contribution in [2.24, 2.45) is 0 Å². The number of fused-ring (bicyclic) bond motifs is 1. The maximum atomic E-state index is 12.5. The molecule has 1 heterocycles. The second-order valence-electron chi connectivity index (χ2n) is 5.27. The summed E-state index contributed by atoms with van der Waals surface area (Å²) >= 11 is 4.30. The molecular weight excluding hydrogens is 548 g/mol. The molecule has 3 rings (SSSR count). The highest BCUT2D eigenvalue weighted by molar-refractivity contribution is 14.1. The predicted octanol–water partition coefficient (Wildman–Crippen LogP) is 4.15. The summed E-state index contributed by atoms with van der Waals surface area (Å²) in [7, 11) is 0. The third-order valence-corrected chi connectivity index (χ3v) is 5.39. The minimum atomic E-state index is -0.644. The Labute approximate surface area is 171 Å². The second-order valence-corrected chi connectivity index (χ2v) is 7.59. The summed E-state index contributed by atoms with van der Waals surface area (Å²) in [5.74, 6) is -1.05. The van der Waals surface area contributed by atoms with Crippen LogP contribution in [0.2, 0.25) is 0 Å². The quantitative estimate of drug-likeness (QED) is 0.416. The van der Waals surface area contributed by atoms with Gasteiger partial charge in [0.1, 0.15) is 0 Å². The maximum absolute atomic E-state index is 12.5. The van der Waals surface area contributed by atoms with Gasteiger partial charge in [-0.2, -0.15) is 0 Å². The molecule has 0 fully saturated rings. The molecule has 0 spiro atoms. The van der Waals surface area contributed by atoms with Crippen LogP contribution in [-0.4, -0.2) is 17.0 Å². The Hall–Kier alpha value is -1.82. The lowest BCUT2D eigenvalue weighted by molar-refractivity contribution is -0.115. The van der Waals surface area contributed by atoms with E-state index < -0.39 is 23.7 Å². The molecular formula is C17H13I2N3O3. The molecule has 1 aliphatic rings. The summed E-state index contributed by atoms with van der Waals surface area (Å²) in [5, 5.41) is 18.1. The summed E-state index contributed by atoms with van der Waals surface area (Å²) in [6.07, 6.45) is 1.32. The van der Waals surface area contributed by atoms with Crippen LogP contribution in [0.15, 0.2) is 54.3 Å². The van der Waals surface area contributed by atoms with Gasteiger partial charge in [-0.15, -0.1) is 0 Å². The maximum Gasteiger partial charge on any atom is 0.320 e. The summed E-state index contributed by atoms with van der Waals surface area (Å²) in [4.78, 5) is 24.3. The molecule has 1 atom stereocenters. The number of urea groups is 1. The smallest absolute Gasteiger partial charge is 0.320 e. The Balaban J connectivity index is 1.86. The first-order valence-corrected chi connectivity index (χ1v) is 9.44. The molecule has 2 aromatic carbocycles. The number of aliphatic hydroxyl groups excluding tert-OH is 1. The van der Waals surface area contributed by atoms with Gasteiger partial charge in [0.05, 0.1) is 11.7 Å². The molecule has 2 aromatic rings. The van der Waals surface area contributed by atoms with Crippen molar-refractivity contribution in [1.82, 2.24) is 5.32 Å². The van der Waals surface area contributed by atoms with E-state index in [2.05, 4.69) is 61.1 Å². The van der Waals surface area contributed by atoms with Crippen LogP contribution in [0.5, 0.6) is 0 Å². The van der Waals surface area contributed by atoms with Crippen molar-refractivity contribution in [3.63, 3.8) is 0 Å². The number of anilines is 2. The van der Waals surface area contributed by atoms with Gasteiger partial charge >= 0.3 is 6.03 Å². The minimum Gasteiger partial charge on any atom is -0.503 e. The van der Waals surface area contributed by atoms with Gasteiger partial charge in [0.15, 0.2) is 5.76 Å². The van der Waals surface area contributed by atoms with E-state index in [1.807, 2.05) is 18.2 Å². The van der Waals surface area contributed by atoms with Gasteiger partial charge in [0.25, 0.3) is 5.91 Å². The van der Waals surface area contributed by atoms with E-state index in [1.165, 1.54) is 6.08 Å². The largest absolute Gasteiger partial charge is 0.503 e.